The summed E-state index contributed by atoms with van der Waals surface area (Å²) in [7, 11) is 0. The van der Waals surface area contributed by atoms with Gasteiger partial charge >= 0.3 is 0 Å². The maximum absolute atomic E-state index is 13.1. The van der Waals surface area contributed by atoms with Crippen molar-refractivity contribution in [1.82, 2.24) is 9.80 Å². The predicted octanol–water partition coefficient (Wildman–Crippen LogP) is 4.61. The van der Waals surface area contributed by atoms with E-state index in [0.29, 0.717) is 30.3 Å². The van der Waals surface area contributed by atoms with Gasteiger partial charge in [0.1, 0.15) is 12.4 Å². The highest BCUT2D eigenvalue weighted by molar-refractivity contribution is 6.30. The normalized spacial score (nSPS) is 15.5. The quantitative estimate of drug-likeness (QED) is 0.533. The molecule has 170 valence electrons. The average molecular weight is 465 g/mol. The summed E-state index contributed by atoms with van der Waals surface area (Å²) in [6.07, 6.45) is 0. The van der Waals surface area contributed by atoms with Gasteiger partial charge in [0, 0.05) is 43.3 Å². The first-order chi connectivity index (χ1) is 16.1. The lowest BCUT2D eigenvalue weighted by molar-refractivity contribution is 0.0628. The zero-order valence-corrected chi connectivity index (χ0v) is 19.0. The molecule has 33 heavy (non-hydrogen) atoms. The molecule has 3 aromatic rings. The van der Waals surface area contributed by atoms with E-state index < -0.39 is 0 Å². The fraction of sp³-hybridized carbons (Fsp3) is 0.269. The number of rotatable bonds is 6. The standard InChI is InChI=1S/C26H25ClN2O4/c27-22-5-7-23(8-6-22)31-17-20-2-1-3-21(14-20)26(30)29-12-10-28(11-13-29)16-19-4-9-24-25(15-19)33-18-32-24/h1-9,14-15H,10-13,16-18H2. The second-order valence-corrected chi connectivity index (χ2v) is 8.64. The van der Waals surface area contributed by atoms with Crippen LogP contribution in [0.3, 0.4) is 0 Å². The Morgan fingerprint density at radius 3 is 2.48 bits per heavy atom. The molecule has 0 radical (unpaired) electrons. The maximum Gasteiger partial charge on any atom is 0.253 e. The van der Waals surface area contributed by atoms with Gasteiger partial charge in [0.25, 0.3) is 5.91 Å². The van der Waals surface area contributed by atoms with Gasteiger partial charge in [-0.3, -0.25) is 9.69 Å². The maximum atomic E-state index is 13.1. The van der Waals surface area contributed by atoms with Crippen LogP contribution in [0.5, 0.6) is 17.2 Å². The van der Waals surface area contributed by atoms with Crippen LogP contribution < -0.4 is 14.2 Å². The summed E-state index contributed by atoms with van der Waals surface area (Å²) >= 11 is 5.92. The van der Waals surface area contributed by atoms with E-state index in [2.05, 4.69) is 11.0 Å². The summed E-state index contributed by atoms with van der Waals surface area (Å²) in [4.78, 5) is 17.4. The number of hydrogen-bond donors (Lipinski definition) is 0. The Balaban J connectivity index is 1.14. The highest BCUT2D eigenvalue weighted by Crippen LogP contribution is 2.32. The summed E-state index contributed by atoms with van der Waals surface area (Å²) < 4.78 is 16.7. The van der Waals surface area contributed by atoms with Crippen molar-refractivity contribution in [3.8, 4) is 17.2 Å². The average Bonchev–Trinajstić information content (AvgIpc) is 3.32. The van der Waals surface area contributed by atoms with E-state index in [9.17, 15) is 4.79 Å². The first-order valence-corrected chi connectivity index (χ1v) is 11.4. The van der Waals surface area contributed by atoms with Gasteiger partial charge in [-0.15, -0.1) is 0 Å². The van der Waals surface area contributed by atoms with Crippen molar-refractivity contribution < 1.29 is 19.0 Å². The first-order valence-electron chi connectivity index (χ1n) is 11.0. The largest absolute Gasteiger partial charge is 0.489 e. The Hall–Kier alpha value is -3.22. The Morgan fingerprint density at radius 2 is 1.67 bits per heavy atom. The molecule has 0 atom stereocenters. The lowest BCUT2D eigenvalue weighted by Gasteiger charge is -2.34. The number of benzene rings is 3. The number of amides is 1. The molecule has 2 heterocycles. The number of nitrogens with zero attached hydrogens (tertiary/aromatic N) is 2. The minimum absolute atomic E-state index is 0.0612. The summed E-state index contributed by atoms with van der Waals surface area (Å²) in [5.41, 5.74) is 2.83. The van der Waals surface area contributed by atoms with Crippen LogP contribution in [-0.4, -0.2) is 48.7 Å². The molecule has 0 spiro atoms. The van der Waals surface area contributed by atoms with Crippen LogP contribution in [0.15, 0.2) is 66.7 Å². The van der Waals surface area contributed by atoms with E-state index in [1.807, 2.05) is 53.4 Å². The summed E-state index contributed by atoms with van der Waals surface area (Å²) in [6.45, 7) is 4.58. The van der Waals surface area contributed by atoms with Gasteiger partial charge in [-0.05, 0) is 59.7 Å². The van der Waals surface area contributed by atoms with Crippen molar-refractivity contribution in [3.05, 3.63) is 88.4 Å². The fourth-order valence-electron chi connectivity index (χ4n) is 4.08. The van der Waals surface area contributed by atoms with Crippen LogP contribution in [-0.2, 0) is 13.2 Å². The van der Waals surface area contributed by atoms with Gasteiger partial charge in [-0.1, -0.05) is 29.8 Å². The minimum atomic E-state index is 0.0612. The van der Waals surface area contributed by atoms with Crippen LogP contribution in [0.2, 0.25) is 5.02 Å². The molecule has 2 aliphatic heterocycles. The van der Waals surface area contributed by atoms with Crippen molar-refractivity contribution >= 4 is 17.5 Å². The number of piperazine rings is 1. The lowest BCUT2D eigenvalue weighted by atomic mass is 10.1. The highest BCUT2D eigenvalue weighted by Gasteiger charge is 2.23. The van der Waals surface area contributed by atoms with Crippen LogP contribution in [0.4, 0.5) is 0 Å². The van der Waals surface area contributed by atoms with Crippen molar-refractivity contribution in [2.45, 2.75) is 13.2 Å². The van der Waals surface area contributed by atoms with Crippen molar-refractivity contribution in [1.29, 1.82) is 0 Å². The predicted molar refractivity (Wildman–Crippen MR) is 126 cm³/mol. The number of ether oxygens (including phenoxy) is 3. The van der Waals surface area contributed by atoms with Crippen molar-refractivity contribution in [3.63, 3.8) is 0 Å². The summed E-state index contributed by atoms with van der Waals surface area (Å²) in [6, 6.07) is 21.0. The zero-order chi connectivity index (χ0) is 22.6. The zero-order valence-electron chi connectivity index (χ0n) is 18.2. The van der Waals surface area contributed by atoms with Gasteiger partial charge in [0.15, 0.2) is 11.5 Å². The van der Waals surface area contributed by atoms with Gasteiger partial charge in [0.05, 0.1) is 0 Å². The molecule has 2 aliphatic rings. The van der Waals surface area contributed by atoms with Gasteiger partial charge in [0.2, 0.25) is 6.79 Å². The molecule has 3 aromatic carbocycles. The second-order valence-electron chi connectivity index (χ2n) is 8.20. The molecule has 0 saturated carbocycles. The smallest absolute Gasteiger partial charge is 0.253 e. The number of carbonyl (C=O) groups is 1. The van der Waals surface area contributed by atoms with Crippen LogP contribution in [0, 0.1) is 0 Å². The third kappa shape index (κ3) is 5.24. The topological polar surface area (TPSA) is 51.2 Å². The number of halogens is 1. The van der Waals surface area contributed by atoms with E-state index in [1.165, 1.54) is 5.56 Å². The minimum Gasteiger partial charge on any atom is -0.489 e. The molecule has 0 N–H and O–H groups in total. The van der Waals surface area contributed by atoms with Crippen LogP contribution in [0.1, 0.15) is 21.5 Å². The van der Waals surface area contributed by atoms with E-state index in [1.54, 1.807) is 12.1 Å². The molecule has 0 aliphatic carbocycles. The second kappa shape index (κ2) is 9.73. The molecule has 1 saturated heterocycles. The number of fused-ring (bicyclic) bond motifs is 1. The Labute approximate surface area is 198 Å². The molecule has 7 heteroatoms. The monoisotopic (exact) mass is 464 g/mol. The molecular formula is C26H25ClN2O4. The van der Waals surface area contributed by atoms with Crippen LogP contribution in [0.25, 0.3) is 0 Å². The van der Waals surface area contributed by atoms with E-state index in [-0.39, 0.29) is 12.7 Å². The molecule has 1 amide bonds. The van der Waals surface area contributed by atoms with E-state index in [0.717, 1.165) is 42.4 Å². The molecule has 0 unspecified atom stereocenters. The van der Waals surface area contributed by atoms with E-state index in [4.69, 9.17) is 25.8 Å². The third-order valence-electron chi connectivity index (χ3n) is 5.90. The van der Waals surface area contributed by atoms with Gasteiger partial charge in [-0.25, -0.2) is 0 Å². The highest BCUT2D eigenvalue weighted by atomic mass is 35.5. The van der Waals surface area contributed by atoms with Crippen molar-refractivity contribution in [2.75, 3.05) is 33.0 Å². The Bertz CT molecular complexity index is 1130. The fourth-order valence-corrected chi connectivity index (χ4v) is 4.21. The molecule has 0 aromatic heterocycles. The summed E-state index contributed by atoms with van der Waals surface area (Å²) in [5.74, 6) is 2.41. The van der Waals surface area contributed by atoms with Gasteiger partial charge in [-0.2, -0.15) is 0 Å². The Morgan fingerprint density at radius 1 is 0.879 bits per heavy atom. The Kier molecular flexibility index (Phi) is 6.37. The number of hydrogen-bond acceptors (Lipinski definition) is 5. The van der Waals surface area contributed by atoms with E-state index >= 15 is 0 Å². The SMILES string of the molecule is O=C(c1cccc(COc2ccc(Cl)cc2)c1)N1CCN(Cc2ccc3c(c2)OCO3)CC1. The molecular weight excluding hydrogens is 440 g/mol. The first kappa shape index (κ1) is 21.6. The number of carbonyl (C=O) groups excluding carboxylic acids is 1. The molecule has 0 bridgehead atoms. The molecule has 5 rings (SSSR count). The summed E-state index contributed by atoms with van der Waals surface area (Å²) in [5, 5.41) is 0.672. The lowest BCUT2D eigenvalue weighted by Crippen LogP contribution is -2.48. The molecule has 6 nitrogen and oxygen atoms in total. The van der Waals surface area contributed by atoms with Gasteiger partial charge < -0.3 is 19.1 Å². The molecule has 1 fully saturated rings. The van der Waals surface area contributed by atoms with Crippen molar-refractivity contribution in [2.24, 2.45) is 0 Å². The van der Waals surface area contributed by atoms with Crippen LogP contribution >= 0.6 is 11.6 Å². The third-order valence-corrected chi connectivity index (χ3v) is 6.15.